The summed E-state index contributed by atoms with van der Waals surface area (Å²) in [5.41, 5.74) is 0.854. The third kappa shape index (κ3) is 3.52. The van der Waals surface area contributed by atoms with Crippen LogP contribution in [0.15, 0.2) is 47.6 Å². The van der Waals surface area contributed by atoms with Crippen LogP contribution in [0.5, 0.6) is 5.75 Å². The van der Waals surface area contributed by atoms with Gasteiger partial charge >= 0.3 is 0 Å². The van der Waals surface area contributed by atoms with E-state index >= 15 is 0 Å². The van der Waals surface area contributed by atoms with Gasteiger partial charge in [0.15, 0.2) is 5.82 Å². The number of aromatic nitrogens is 1. The topological polar surface area (TPSA) is 79.3 Å². The van der Waals surface area contributed by atoms with Crippen molar-refractivity contribution in [2.24, 2.45) is 0 Å². The number of nitrogens with zero attached hydrogens (tertiary/aromatic N) is 1. The van der Waals surface area contributed by atoms with Crippen LogP contribution in [0.3, 0.4) is 0 Å². The van der Waals surface area contributed by atoms with Gasteiger partial charge in [-0.15, -0.1) is 0 Å². The highest BCUT2D eigenvalue weighted by Gasteiger charge is 2.19. The second-order valence-electron chi connectivity index (χ2n) is 4.10. The lowest BCUT2D eigenvalue weighted by Gasteiger charge is -2.06. The first-order valence-electron chi connectivity index (χ1n) is 5.87. The Morgan fingerprint density at radius 1 is 1.20 bits per heavy atom. The van der Waals surface area contributed by atoms with Crippen LogP contribution in [0.2, 0.25) is 0 Å². The summed E-state index contributed by atoms with van der Waals surface area (Å²) in [7, 11) is -3.95. The molecule has 0 aliphatic heterocycles. The highest BCUT2D eigenvalue weighted by molar-refractivity contribution is 7.89. The van der Waals surface area contributed by atoms with Gasteiger partial charge in [0, 0.05) is 12.7 Å². The zero-order chi connectivity index (χ0) is 14.6. The van der Waals surface area contributed by atoms with Crippen molar-refractivity contribution in [2.45, 2.75) is 11.4 Å². The van der Waals surface area contributed by atoms with Gasteiger partial charge in [0.05, 0.1) is 0 Å². The molecule has 0 saturated carbocycles. The lowest BCUT2D eigenvalue weighted by atomic mass is 10.1. The van der Waals surface area contributed by atoms with Gasteiger partial charge in [-0.3, -0.25) is 0 Å². The minimum Gasteiger partial charge on any atom is -0.508 e. The summed E-state index contributed by atoms with van der Waals surface area (Å²) in [4.78, 5) is 3.53. The molecule has 106 valence electrons. The Kier molecular flexibility index (Phi) is 4.31. The van der Waals surface area contributed by atoms with E-state index in [0.29, 0.717) is 6.42 Å². The Balaban J connectivity index is 2.00. The highest BCUT2D eigenvalue weighted by Crippen LogP contribution is 2.11. The third-order valence-corrected chi connectivity index (χ3v) is 4.02. The molecule has 2 N–H and O–H groups in total. The minimum absolute atomic E-state index is 0.114. The molecule has 7 heteroatoms. The standard InChI is InChI=1S/C13H13FN2O3S/c14-12-2-1-8-15-13(12)20(18,19)16-9-7-10-3-5-11(17)6-4-10/h1-6,8,16-17H,7,9H2. The zero-order valence-corrected chi connectivity index (χ0v) is 11.3. The fraction of sp³-hybridized carbons (Fsp3) is 0.154. The Morgan fingerprint density at radius 2 is 1.90 bits per heavy atom. The van der Waals surface area contributed by atoms with Gasteiger partial charge in [0.2, 0.25) is 5.03 Å². The Labute approximate surface area is 116 Å². The molecule has 0 bridgehead atoms. The molecule has 0 aliphatic rings. The molecule has 2 rings (SSSR count). The van der Waals surface area contributed by atoms with Crippen molar-refractivity contribution in [3.05, 3.63) is 54.0 Å². The first-order chi connectivity index (χ1) is 9.49. The van der Waals surface area contributed by atoms with E-state index in [1.807, 2.05) is 0 Å². The van der Waals surface area contributed by atoms with Crippen LogP contribution in [-0.4, -0.2) is 25.1 Å². The van der Waals surface area contributed by atoms with Crippen LogP contribution in [0.1, 0.15) is 5.56 Å². The normalized spacial score (nSPS) is 11.4. The summed E-state index contributed by atoms with van der Waals surface area (Å²) < 4.78 is 39.3. The quantitative estimate of drug-likeness (QED) is 0.875. The van der Waals surface area contributed by atoms with E-state index < -0.39 is 20.9 Å². The maximum Gasteiger partial charge on any atom is 0.261 e. The summed E-state index contributed by atoms with van der Waals surface area (Å²) in [5, 5.41) is 8.52. The van der Waals surface area contributed by atoms with Crippen LogP contribution in [0.4, 0.5) is 4.39 Å². The van der Waals surface area contributed by atoms with Gasteiger partial charge in [0.25, 0.3) is 10.0 Å². The van der Waals surface area contributed by atoms with Crippen molar-refractivity contribution in [2.75, 3.05) is 6.54 Å². The van der Waals surface area contributed by atoms with Gasteiger partial charge < -0.3 is 5.11 Å². The average Bonchev–Trinajstić information content (AvgIpc) is 2.41. The number of benzene rings is 1. The summed E-state index contributed by atoms with van der Waals surface area (Å²) in [5.74, 6) is -0.741. The SMILES string of the molecule is O=S(=O)(NCCc1ccc(O)cc1)c1ncccc1F. The number of nitrogens with one attached hydrogen (secondary N) is 1. The van der Waals surface area contributed by atoms with Gasteiger partial charge in [-0.05, 0) is 36.2 Å². The largest absolute Gasteiger partial charge is 0.508 e. The van der Waals surface area contributed by atoms with Crippen molar-refractivity contribution in [3.8, 4) is 5.75 Å². The molecule has 1 heterocycles. The Hall–Kier alpha value is -1.99. The Morgan fingerprint density at radius 3 is 2.55 bits per heavy atom. The van der Waals surface area contributed by atoms with Gasteiger partial charge in [-0.2, -0.15) is 0 Å². The number of rotatable bonds is 5. The minimum atomic E-state index is -3.95. The summed E-state index contributed by atoms with van der Waals surface area (Å²) >= 11 is 0. The number of aromatic hydroxyl groups is 1. The van der Waals surface area contributed by atoms with E-state index in [4.69, 9.17) is 5.11 Å². The summed E-state index contributed by atoms with van der Waals surface area (Å²) in [6.45, 7) is 0.114. The molecule has 0 spiro atoms. The number of hydrogen-bond donors (Lipinski definition) is 2. The first-order valence-corrected chi connectivity index (χ1v) is 7.35. The predicted octanol–water partition coefficient (Wildman–Crippen LogP) is 1.45. The number of pyridine rings is 1. The monoisotopic (exact) mass is 296 g/mol. The maximum atomic E-state index is 13.4. The van der Waals surface area contributed by atoms with E-state index in [1.165, 1.54) is 24.4 Å². The third-order valence-electron chi connectivity index (χ3n) is 2.62. The maximum absolute atomic E-state index is 13.4. The number of phenols is 1. The van der Waals surface area contributed by atoms with Crippen molar-refractivity contribution < 1.29 is 17.9 Å². The molecule has 5 nitrogen and oxygen atoms in total. The van der Waals surface area contributed by atoms with E-state index in [0.717, 1.165) is 11.6 Å². The van der Waals surface area contributed by atoms with Crippen LogP contribution in [-0.2, 0) is 16.4 Å². The zero-order valence-electron chi connectivity index (χ0n) is 10.5. The van der Waals surface area contributed by atoms with E-state index in [1.54, 1.807) is 12.1 Å². The van der Waals surface area contributed by atoms with Gasteiger partial charge in [-0.25, -0.2) is 22.5 Å². The second kappa shape index (κ2) is 5.98. The highest BCUT2D eigenvalue weighted by atomic mass is 32.2. The summed E-state index contributed by atoms with van der Waals surface area (Å²) in [6.07, 6.45) is 1.64. The molecule has 0 radical (unpaired) electrons. The second-order valence-corrected chi connectivity index (χ2v) is 5.79. The first kappa shape index (κ1) is 14.4. The molecule has 1 aromatic heterocycles. The molecule has 0 unspecified atom stereocenters. The van der Waals surface area contributed by atoms with Gasteiger partial charge in [-0.1, -0.05) is 12.1 Å². The molecule has 0 atom stereocenters. The molecule has 20 heavy (non-hydrogen) atoms. The smallest absolute Gasteiger partial charge is 0.261 e. The number of halogens is 1. The van der Waals surface area contributed by atoms with Crippen molar-refractivity contribution in [1.82, 2.24) is 9.71 Å². The molecular weight excluding hydrogens is 283 g/mol. The lowest BCUT2D eigenvalue weighted by molar-refractivity contribution is 0.475. The number of sulfonamides is 1. The van der Waals surface area contributed by atoms with E-state index in [2.05, 4.69) is 9.71 Å². The van der Waals surface area contributed by atoms with Crippen molar-refractivity contribution in [1.29, 1.82) is 0 Å². The van der Waals surface area contributed by atoms with Crippen LogP contribution >= 0.6 is 0 Å². The summed E-state index contributed by atoms with van der Waals surface area (Å²) in [6, 6.07) is 8.77. The number of phenolic OH excluding ortho intramolecular Hbond substituents is 1. The van der Waals surface area contributed by atoms with Crippen LogP contribution in [0, 0.1) is 5.82 Å². The van der Waals surface area contributed by atoms with E-state index in [-0.39, 0.29) is 12.3 Å². The fourth-order valence-electron chi connectivity index (χ4n) is 1.63. The average molecular weight is 296 g/mol. The van der Waals surface area contributed by atoms with Crippen molar-refractivity contribution in [3.63, 3.8) is 0 Å². The van der Waals surface area contributed by atoms with Crippen LogP contribution in [0.25, 0.3) is 0 Å². The molecular formula is C13H13FN2O3S. The van der Waals surface area contributed by atoms with E-state index in [9.17, 15) is 12.8 Å². The molecule has 2 aromatic rings. The number of hydrogen-bond acceptors (Lipinski definition) is 4. The van der Waals surface area contributed by atoms with Gasteiger partial charge in [0.1, 0.15) is 5.75 Å². The van der Waals surface area contributed by atoms with Crippen LogP contribution < -0.4 is 4.72 Å². The molecule has 0 aliphatic carbocycles. The molecule has 0 saturated heterocycles. The van der Waals surface area contributed by atoms with Crippen molar-refractivity contribution >= 4 is 10.0 Å². The lowest BCUT2D eigenvalue weighted by Crippen LogP contribution is -2.27. The molecule has 0 fully saturated rings. The Bertz CT molecular complexity index is 687. The molecule has 0 amide bonds. The predicted molar refractivity (Wildman–Crippen MR) is 71.2 cm³/mol. The fourth-order valence-corrected chi connectivity index (χ4v) is 2.66. The molecule has 1 aromatic carbocycles.